The maximum absolute atomic E-state index is 5.56. The molecular weight excluding hydrogens is 364 g/mol. The molecule has 0 aromatic carbocycles. The molecule has 1 saturated heterocycles. The number of furan rings is 1. The van der Waals surface area contributed by atoms with Gasteiger partial charge in [0.2, 0.25) is 11.8 Å². The molecule has 4 heterocycles. The van der Waals surface area contributed by atoms with Gasteiger partial charge in [0.15, 0.2) is 11.0 Å². The van der Waals surface area contributed by atoms with Crippen molar-refractivity contribution in [2.24, 2.45) is 5.92 Å². The average molecular weight is 388 g/mol. The van der Waals surface area contributed by atoms with Crippen LogP contribution in [0.15, 0.2) is 32.5 Å². The van der Waals surface area contributed by atoms with Crippen molar-refractivity contribution in [2.45, 2.75) is 50.6 Å². The van der Waals surface area contributed by atoms with Crippen LogP contribution in [0, 0.1) is 5.92 Å². The van der Waals surface area contributed by atoms with Crippen molar-refractivity contribution in [1.82, 2.24) is 24.9 Å². The van der Waals surface area contributed by atoms with E-state index in [-0.39, 0.29) is 0 Å². The third-order valence-corrected chi connectivity index (χ3v) is 5.76. The van der Waals surface area contributed by atoms with E-state index in [2.05, 4.69) is 36.7 Å². The number of piperidine rings is 1. The second kappa shape index (κ2) is 8.16. The average Bonchev–Trinajstić information content (AvgIpc) is 3.42. The van der Waals surface area contributed by atoms with Crippen LogP contribution < -0.4 is 4.90 Å². The molecule has 1 fully saturated rings. The van der Waals surface area contributed by atoms with Crippen molar-refractivity contribution < 1.29 is 8.94 Å². The van der Waals surface area contributed by atoms with Crippen LogP contribution in [-0.2, 0) is 18.7 Å². The SMILES string of the molecule is CCc1noc(CSc2nnc(N3CCC(C)CC3)n2Cc2ccco2)n1. The predicted molar refractivity (Wildman–Crippen MR) is 102 cm³/mol. The van der Waals surface area contributed by atoms with Crippen LogP contribution in [0.1, 0.15) is 44.2 Å². The third-order valence-electron chi connectivity index (χ3n) is 4.81. The van der Waals surface area contributed by atoms with Gasteiger partial charge in [-0.15, -0.1) is 10.2 Å². The topological polar surface area (TPSA) is 86.0 Å². The molecule has 0 unspecified atom stereocenters. The summed E-state index contributed by atoms with van der Waals surface area (Å²) < 4.78 is 13.0. The second-order valence-corrected chi connectivity index (χ2v) is 7.81. The summed E-state index contributed by atoms with van der Waals surface area (Å²) in [5, 5.41) is 13.7. The fourth-order valence-electron chi connectivity index (χ4n) is 3.15. The van der Waals surface area contributed by atoms with Crippen molar-refractivity contribution in [1.29, 1.82) is 0 Å². The Hall–Kier alpha value is -2.29. The van der Waals surface area contributed by atoms with Gasteiger partial charge in [0.1, 0.15) is 5.76 Å². The zero-order valence-corrected chi connectivity index (χ0v) is 16.5. The minimum atomic E-state index is 0.570. The van der Waals surface area contributed by atoms with Gasteiger partial charge in [-0.3, -0.25) is 4.57 Å². The van der Waals surface area contributed by atoms with Crippen LogP contribution in [0.2, 0.25) is 0 Å². The highest BCUT2D eigenvalue weighted by atomic mass is 32.2. The van der Waals surface area contributed by atoms with E-state index >= 15 is 0 Å². The van der Waals surface area contributed by atoms with Gasteiger partial charge in [0.05, 0.1) is 18.6 Å². The van der Waals surface area contributed by atoms with Crippen molar-refractivity contribution in [3.8, 4) is 0 Å². The van der Waals surface area contributed by atoms with Crippen LogP contribution in [0.25, 0.3) is 0 Å². The summed E-state index contributed by atoms with van der Waals surface area (Å²) in [6.45, 7) is 6.93. The number of rotatable bonds is 7. The smallest absolute Gasteiger partial charge is 0.237 e. The molecular formula is C18H24N6O2S. The molecule has 1 aliphatic heterocycles. The van der Waals surface area contributed by atoms with E-state index in [0.29, 0.717) is 18.2 Å². The minimum absolute atomic E-state index is 0.570. The molecule has 8 nitrogen and oxygen atoms in total. The molecule has 3 aromatic heterocycles. The monoisotopic (exact) mass is 388 g/mol. The molecule has 0 amide bonds. The molecule has 0 aliphatic carbocycles. The summed E-state index contributed by atoms with van der Waals surface area (Å²) >= 11 is 1.56. The summed E-state index contributed by atoms with van der Waals surface area (Å²) in [7, 11) is 0. The van der Waals surface area contributed by atoms with Crippen molar-refractivity contribution in [3.05, 3.63) is 35.9 Å². The normalized spacial score (nSPS) is 15.6. The van der Waals surface area contributed by atoms with Crippen molar-refractivity contribution in [2.75, 3.05) is 18.0 Å². The van der Waals surface area contributed by atoms with E-state index in [1.807, 2.05) is 19.1 Å². The Labute approximate surface area is 162 Å². The number of aryl methyl sites for hydroxylation is 1. The van der Waals surface area contributed by atoms with Crippen LogP contribution in [0.4, 0.5) is 5.95 Å². The fourth-order valence-corrected chi connectivity index (χ4v) is 3.92. The first-order valence-electron chi connectivity index (χ1n) is 9.37. The quantitative estimate of drug-likeness (QED) is 0.569. The molecule has 0 radical (unpaired) electrons. The molecule has 0 N–H and O–H groups in total. The maximum Gasteiger partial charge on any atom is 0.237 e. The number of hydrogen-bond acceptors (Lipinski definition) is 8. The number of aromatic nitrogens is 5. The van der Waals surface area contributed by atoms with Crippen LogP contribution in [0.3, 0.4) is 0 Å². The summed E-state index contributed by atoms with van der Waals surface area (Å²) in [5.41, 5.74) is 0. The number of thioether (sulfide) groups is 1. The van der Waals surface area contributed by atoms with Gasteiger partial charge < -0.3 is 13.8 Å². The summed E-state index contributed by atoms with van der Waals surface area (Å²) in [4.78, 5) is 6.69. The van der Waals surface area contributed by atoms with Gasteiger partial charge in [-0.2, -0.15) is 4.98 Å². The minimum Gasteiger partial charge on any atom is -0.467 e. The summed E-state index contributed by atoms with van der Waals surface area (Å²) in [6, 6.07) is 3.88. The molecule has 9 heteroatoms. The van der Waals surface area contributed by atoms with Crippen LogP contribution >= 0.6 is 11.8 Å². The first-order valence-corrected chi connectivity index (χ1v) is 10.4. The highest BCUT2D eigenvalue weighted by Crippen LogP contribution is 2.28. The van der Waals surface area contributed by atoms with Gasteiger partial charge in [0, 0.05) is 19.5 Å². The largest absolute Gasteiger partial charge is 0.467 e. The lowest BCUT2D eigenvalue weighted by molar-refractivity contribution is 0.385. The molecule has 3 aromatic rings. The van der Waals surface area contributed by atoms with Gasteiger partial charge in [-0.1, -0.05) is 30.8 Å². The summed E-state index contributed by atoms with van der Waals surface area (Å²) in [6.07, 6.45) is 4.82. The van der Waals surface area contributed by atoms with Gasteiger partial charge in [-0.25, -0.2) is 0 Å². The Balaban J connectivity index is 1.54. The Morgan fingerprint density at radius 2 is 2.11 bits per heavy atom. The molecule has 0 spiro atoms. The molecule has 0 saturated carbocycles. The number of anilines is 1. The Kier molecular flexibility index (Phi) is 5.47. The second-order valence-electron chi connectivity index (χ2n) is 6.86. The third kappa shape index (κ3) is 4.18. The highest BCUT2D eigenvalue weighted by Gasteiger charge is 2.23. The van der Waals surface area contributed by atoms with Gasteiger partial charge >= 0.3 is 0 Å². The first kappa shape index (κ1) is 18.1. The molecule has 144 valence electrons. The van der Waals surface area contributed by atoms with Crippen LogP contribution in [-0.4, -0.2) is 38.0 Å². The summed E-state index contributed by atoms with van der Waals surface area (Å²) in [5.74, 6) is 4.46. The van der Waals surface area contributed by atoms with Crippen molar-refractivity contribution >= 4 is 17.7 Å². The lowest BCUT2D eigenvalue weighted by Gasteiger charge is -2.31. The van der Waals surface area contributed by atoms with E-state index in [1.54, 1.807) is 18.0 Å². The van der Waals surface area contributed by atoms with E-state index in [4.69, 9.17) is 8.94 Å². The van der Waals surface area contributed by atoms with E-state index in [0.717, 1.165) is 48.1 Å². The van der Waals surface area contributed by atoms with E-state index in [1.165, 1.54) is 12.8 Å². The van der Waals surface area contributed by atoms with Gasteiger partial charge in [-0.05, 0) is 30.9 Å². The maximum atomic E-state index is 5.56. The fraction of sp³-hybridized carbons (Fsp3) is 0.556. The zero-order valence-electron chi connectivity index (χ0n) is 15.7. The Morgan fingerprint density at radius 3 is 2.81 bits per heavy atom. The number of hydrogen-bond donors (Lipinski definition) is 0. The Bertz CT molecular complexity index is 851. The lowest BCUT2D eigenvalue weighted by Crippen LogP contribution is -2.35. The van der Waals surface area contributed by atoms with E-state index in [9.17, 15) is 0 Å². The standard InChI is InChI=1S/C18H24N6O2S/c1-3-15-19-16(26-22-15)12-27-18-21-20-17(23-8-6-13(2)7-9-23)24(18)11-14-5-4-10-25-14/h4-5,10,13H,3,6-9,11-12H2,1-2H3. The Morgan fingerprint density at radius 1 is 1.26 bits per heavy atom. The van der Waals surface area contributed by atoms with Crippen LogP contribution in [0.5, 0.6) is 0 Å². The zero-order chi connectivity index (χ0) is 18.6. The molecule has 0 atom stereocenters. The molecule has 27 heavy (non-hydrogen) atoms. The number of nitrogens with zero attached hydrogens (tertiary/aromatic N) is 6. The molecule has 1 aliphatic rings. The first-order chi connectivity index (χ1) is 13.2. The predicted octanol–water partition coefficient (Wildman–Crippen LogP) is 3.39. The molecule has 4 rings (SSSR count). The lowest BCUT2D eigenvalue weighted by atomic mass is 10.00. The van der Waals surface area contributed by atoms with E-state index < -0.39 is 0 Å². The highest BCUT2D eigenvalue weighted by molar-refractivity contribution is 7.98. The molecule has 0 bridgehead atoms. The van der Waals surface area contributed by atoms with Crippen molar-refractivity contribution in [3.63, 3.8) is 0 Å². The van der Waals surface area contributed by atoms with Gasteiger partial charge in [0.25, 0.3) is 0 Å².